The summed E-state index contributed by atoms with van der Waals surface area (Å²) < 4.78 is 1.04. The molecule has 0 aliphatic heterocycles. The van der Waals surface area contributed by atoms with Crippen LogP contribution < -0.4 is 0 Å². The summed E-state index contributed by atoms with van der Waals surface area (Å²) in [6.45, 7) is 0.600. The highest BCUT2D eigenvalue weighted by atomic mass is 79.9. The van der Waals surface area contributed by atoms with Crippen molar-refractivity contribution in [2.45, 2.75) is 31.1 Å². The maximum absolute atomic E-state index is 12.4. The lowest BCUT2D eigenvalue weighted by Crippen LogP contribution is -2.42. The van der Waals surface area contributed by atoms with Crippen LogP contribution in [0.15, 0.2) is 28.7 Å². The fourth-order valence-electron chi connectivity index (χ4n) is 3.03. The number of carboxylic acids is 1. The van der Waals surface area contributed by atoms with E-state index >= 15 is 0 Å². The number of rotatable bonds is 5. The molecule has 0 heterocycles. The summed E-state index contributed by atoms with van der Waals surface area (Å²) in [5.74, 6) is -1.22. The van der Waals surface area contributed by atoms with Crippen molar-refractivity contribution >= 4 is 27.8 Å². The van der Waals surface area contributed by atoms with E-state index in [2.05, 4.69) is 28.1 Å². The first-order valence-corrected chi connectivity index (χ1v) is 7.94. The second kappa shape index (κ2) is 4.83. The molecule has 1 aromatic rings. The molecule has 0 saturated heterocycles. The molecule has 0 spiro atoms. The summed E-state index contributed by atoms with van der Waals surface area (Å²) in [6, 6.07) is 8.19. The molecule has 1 aromatic carbocycles. The van der Waals surface area contributed by atoms with Crippen LogP contribution in [0.25, 0.3) is 0 Å². The normalized spacial score (nSPS) is 20.7. The molecule has 1 N–H and O–H groups in total. The molecule has 4 nitrogen and oxygen atoms in total. The average molecular weight is 352 g/mol. The van der Waals surface area contributed by atoms with Gasteiger partial charge in [-0.1, -0.05) is 28.1 Å². The summed E-state index contributed by atoms with van der Waals surface area (Å²) in [5, 5.41) is 9.23. The molecular weight excluding hydrogens is 334 g/mol. The number of aliphatic carboxylic acids is 1. The first-order valence-electron chi connectivity index (χ1n) is 7.15. The molecule has 2 aliphatic carbocycles. The first kappa shape index (κ1) is 14.6. The van der Waals surface area contributed by atoms with Crippen molar-refractivity contribution in [2.24, 2.45) is 5.41 Å². The predicted octanol–water partition coefficient (Wildman–Crippen LogP) is 2.80. The highest BCUT2D eigenvalue weighted by Crippen LogP contribution is 2.51. The number of hydrogen-bond donors (Lipinski definition) is 1. The Bertz CT molecular complexity index is 588. The van der Waals surface area contributed by atoms with E-state index in [-0.39, 0.29) is 11.3 Å². The SMILES string of the molecule is CN(CC1(c2ccc(Br)cc2)CC1)C(=O)C1(C(=O)O)CC1. The van der Waals surface area contributed by atoms with E-state index < -0.39 is 11.4 Å². The van der Waals surface area contributed by atoms with Gasteiger partial charge in [0.25, 0.3) is 0 Å². The highest BCUT2D eigenvalue weighted by molar-refractivity contribution is 9.10. The highest BCUT2D eigenvalue weighted by Gasteiger charge is 2.59. The van der Waals surface area contributed by atoms with E-state index in [4.69, 9.17) is 0 Å². The number of benzene rings is 1. The van der Waals surface area contributed by atoms with Crippen molar-refractivity contribution in [3.63, 3.8) is 0 Å². The molecule has 1 amide bonds. The summed E-state index contributed by atoms with van der Waals surface area (Å²) >= 11 is 3.43. The van der Waals surface area contributed by atoms with Gasteiger partial charge in [0.2, 0.25) is 5.91 Å². The topological polar surface area (TPSA) is 57.6 Å². The van der Waals surface area contributed by atoms with Crippen LogP contribution in [0.1, 0.15) is 31.2 Å². The Balaban J connectivity index is 1.73. The van der Waals surface area contributed by atoms with Gasteiger partial charge in [0.1, 0.15) is 5.41 Å². The Morgan fingerprint density at radius 3 is 2.19 bits per heavy atom. The Hall–Kier alpha value is -1.36. The number of nitrogens with zero attached hydrogens (tertiary/aromatic N) is 1. The summed E-state index contributed by atoms with van der Waals surface area (Å²) in [7, 11) is 1.73. The first-order chi connectivity index (χ1) is 9.90. The number of carbonyl (C=O) groups excluding carboxylic acids is 1. The second-order valence-corrected chi connectivity index (χ2v) is 7.25. The second-order valence-electron chi connectivity index (χ2n) is 6.34. The quantitative estimate of drug-likeness (QED) is 0.829. The van der Waals surface area contributed by atoms with E-state index in [1.165, 1.54) is 5.56 Å². The Kier molecular flexibility index (Phi) is 3.35. The molecule has 2 saturated carbocycles. The van der Waals surface area contributed by atoms with Gasteiger partial charge in [-0.25, -0.2) is 0 Å². The zero-order valence-electron chi connectivity index (χ0n) is 11.9. The lowest BCUT2D eigenvalue weighted by molar-refractivity contribution is -0.153. The Morgan fingerprint density at radius 2 is 1.76 bits per heavy atom. The lowest BCUT2D eigenvalue weighted by Gasteiger charge is -2.26. The van der Waals surface area contributed by atoms with Gasteiger partial charge in [-0.3, -0.25) is 9.59 Å². The molecule has 2 aliphatic rings. The van der Waals surface area contributed by atoms with Crippen molar-refractivity contribution in [3.8, 4) is 0 Å². The molecule has 0 atom stereocenters. The smallest absolute Gasteiger partial charge is 0.319 e. The number of amides is 1. The van der Waals surface area contributed by atoms with E-state index in [9.17, 15) is 14.7 Å². The van der Waals surface area contributed by atoms with Crippen LogP contribution in [-0.2, 0) is 15.0 Å². The van der Waals surface area contributed by atoms with E-state index in [0.717, 1.165) is 17.3 Å². The van der Waals surface area contributed by atoms with Gasteiger partial charge in [-0.05, 0) is 43.4 Å². The van der Waals surface area contributed by atoms with Crippen LogP contribution >= 0.6 is 15.9 Å². The van der Waals surface area contributed by atoms with Crippen molar-refractivity contribution in [1.29, 1.82) is 0 Å². The van der Waals surface area contributed by atoms with Crippen molar-refractivity contribution < 1.29 is 14.7 Å². The van der Waals surface area contributed by atoms with Crippen molar-refractivity contribution in [3.05, 3.63) is 34.3 Å². The van der Waals surface area contributed by atoms with Gasteiger partial charge in [0.15, 0.2) is 0 Å². The molecule has 2 fully saturated rings. The molecule has 0 aromatic heterocycles. The third-order valence-electron chi connectivity index (χ3n) is 4.77. The summed E-state index contributed by atoms with van der Waals surface area (Å²) in [6.07, 6.45) is 3.03. The van der Waals surface area contributed by atoms with Gasteiger partial charge in [-0.15, -0.1) is 0 Å². The molecule has 0 bridgehead atoms. The summed E-state index contributed by atoms with van der Waals surface area (Å²) in [4.78, 5) is 25.3. The standard InChI is InChI=1S/C16H18BrNO3/c1-18(13(19)16(8-9-16)14(20)21)10-15(6-7-15)11-2-4-12(17)5-3-11/h2-5H,6-10H2,1H3,(H,20,21). The minimum Gasteiger partial charge on any atom is -0.480 e. The molecule has 3 rings (SSSR count). The fraction of sp³-hybridized carbons (Fsp3) is 0.500. The van der Waals surface area contributed by atoms with Crippen LogP contribution in [0, 0.1) is 5.41 Å². The van der Waals surface area contributed by atoms with E-state index in [0.29, 0.717) is 19.4 Å². The number of hydrogen-bond acceptors (Lipinski definition) is 2. The monoisotopic (exact) mass is 351 g/mol. The Morgan fingerprint density at radius 1 is 1.19 bits per heavy atom. The molecule has 112 valence electrons. The van der Waals surface area contributed by atoms with Crippen molar-refractivity contribution in [1.82, 2.24) is 4.90 Å². The van der Waals surface area contributed by atoms with Gasteiger partial charge >= 0.3 is 5.97 Å². The van der Waals surface area contributed by atoms with Gasteiger partial charge in [-0.2, -0.15) is 0 Å². The third-order valence-corrected chi connectivity index (χ3v) is 5.29. The van der Waals surface area contributed by atoms with Gasteiger partial charge < -0.3 is 10.0 Å². The van der Waals surface area contributed by atoms with Crippen LogP contribution in [0.3, 0.4) is 0 Å². The van der Waals surface area contributed by atoms with Gasteiger partial charge in [0.05, 0.1) is 0 Å². The van der Waals surface area contributed by atoms with E-state index in [1.54, 1.807) is 11.9 Å². The molecular formula is C16H18BrNO3. The maximum atomic E-state index is 12.4. The molecule has 0 unspecified atom stereocenters. The zero-order chi connectivity index (χ0) is 15.3. The lowest BCUT2D eigenvalue weighted by atomic mass is 9.94. The van der Waals surface area contributed by atoms with Crippen LogP contribution in [-0.4, -0.2) is 35.5 Å². The summed E-state index contributed by atoms with van der Waals surface area (Å²) in [5.41, 5.74) is 0.107. The van der Waals surface area contributed by atoms with Crippen LogP contribution in [0.4, 0.5) is 0 Å². The molecule has 0 radical (unpaired) electrons. The fourth-order valence-corrected chi connectivity index (χ4v) is 3.29. The van der Waals surface area contributed by atoms with E-state index in [1.807, 2.05) is 12.1 Å². The van der Waals surface area contributed by atoms with Crippen LogP contribution in [0.5, 0.6) is 0 Å². The van der Waals surface area contributed by atoms with Crippen LogP contribution in [0.2, 0.25) is 0 Å². The van der Waals surface area contributed by atoms with Gasteiger partial charge in [0, 0.05) is 23.5 Å². The number of likely N-dealkylation sites (N-methyl/N-ethyl adjacent to an activating group) is 1. The minimum atomic E-state index is -1.13. The average Bonchev–Trinajstić information content (AvgIpc) is 3.33. The molecule has 21 heavy (non-hydrogen) atoms. The number of carboxylic acid groups (broad SMARTS) is 1. The van der Waals surface area contributed by atoms with Crippen molar-refractivity contribution in [2.75, 3.05) is 13.6 Å². The zero-order valence-corrected chi connectivity index (χ0v) is 13.5. The number of carbonyl (C=O) groups is 2. The largest absolute Gasteiger partial charge is 0.480 e. The third kappa shape index (κ3) is 2.48. The maximum Gasteiger partial charge on any atom is 0.319 e. The molecule has 5 heteroatoms. The number of halogens is 1. The Labute approximate surface area is 132 Å². The predicted molar refractivity (Wildman–Crippen MR) is 82.0 cm³/mol. The minimum absolute atomic E-state index is 0.0136.